The van der Waals surface area contributed by atoms with Crippen molar-refractivity contribution in [2.75, 3.05) is 12.4 Å². The summed E-state index contributed by atoms with van der Waals surface area (Å²) in [6.07, 6.45) is 4.65. The summed E-state index contributed by atoms with van der Waals surface area (Å²) in [5, 5.41) is 13.9. The summed E-state index contributed by atoms with van der Waals surface area (Å²) in [5.74, 6) is -0.703. The number of hydrogen-bond acceptors (Lipinski definition) is 4. The van der Waals surface area contributed by atoms with E-state index in [2.05, 4.69) is 20.8 Å². The molecule has 2 heterocycles. The summed E-state index contributed by atoms with van der Waals surface area (Å²) >= 11 is 5.86. The fourth-order valence-electron chi connectivity index (χ4n) is 1.95. The summed E-state index contributed by atoms with van der Waals surface area (Å²) in [4.78, 5) is 24.5. The van der Waals surface area contributed by atoms with Crippen molar-refractivity contribution >= 4 is 29.1 Å². The van der Waals surface area contributed by atoms with E-state index in [1.165, 1.54) is 17.9 Å². The molecule has 2 aromatic rings. The van der Waals surface area contributed by atoms with E-state index in [1.807, 2.05) is 6.92 Å². The minimum atomic E-state index is -0.985. The van der Waals surface area contributed by atoms with E-state index in [9.17, 15) is 9.59 Å². The first kappa shape index (κ1) is 17.0. The minimum Gasteiger partial charge on any atom is -0.354 e. The smallest absolute Gasteiger partial charge is 0.273 e. The van der Waals surface area contributed by atoms with Crippen molar-refractivity contribution < 1.29 is 9.59 Å². The Kier molecular flexibility index (Phi) is 4.74. The molecular weight excluding hydrogens is 320 g/mol. The highest BCUT2D eigenvalue weighted by Crippen LogP contribution is 2.21. The molecule has 0 aliphatic rings. The van der Waals surface area contributed by atoms with Crippen LogP contribution >= 0.6 is 11.6 Å². The standard InChI is InChI=1S/C14H19ClN6O2/c1-5-20-8-10(11(19-20)12(22)16-4)18-13(23)14(2,3)21-7-9(15)6-17-21/h6-8H,5H2,1-4H3,(H,16,22)(H,18,23). The van der Waals surface area contributed by atoms with Crippen molar-refractivity contribution in [2.24, 2.45) is 0 Å². The third-order valence-electron chi connectivity index (χ3n) is 3.46. The van der Waals surface area contributed by atoms with Crippen molar-refractivity contribution in [1.29, 1.82) is 0 Å². The third kappa shape index (κ3) is 3.37. The van der Waals surface area contributed by atoms with Gasteiger partial charge in [0.05, 0.1) is 16.9 Å². The number of nitrogens with one attached hydrogen (secondary N) is 2. The van der Waals surface area contributed by atoms with Gasteiger partial charge in [0, 0.05) is 26.0 Å². The Labute approximate surface area is 138 Å². The van der Waals surface area contributed by atoms with Gasteiger partial charge in [-0.2, -0.15) is 10.2 Å². The number of anilines is 1. The fourth-order valence-corrected chi connectivity index (χ4v) is 2.08. The van der Waals surface area contributed by atoms with Crippen molar-refractivity contribution in [2.45, 2.75) is 32.9 Å². The number of rotatable bonds is 5. The highest BCUT2D eigenvalue weighted by molar-refractivity contribution is 6.30. The average Bonchev–Trinajstić information content (AvgIpc) is 3.13. The van der Waals surface area contributed by atoms with Crippen LogP contribution in [-0.2, 0) is 16.9 Å². The Morgan fingerprint density at radius 3 is 2.57 bits per heavy atom. The monoisotopic (exact) mass is 338 g/mol. The molecule has 2 rings (SSSR count). The minimum absolute atomic E-state index is 0.164. The predicted octanol–water partition coefficient (Wildman–Crippen LogP) is 1.49. The number of carbonyl (C=O) groups excluding carboxylic acids is 2. The highest BCUT2D eigenvalue weighted by Gasteiger charge is 2.32. The maximum atomic E-state index is 12.6. The topological polar surface area (TPSA) is 93.8 Å². The van der Waals surface area contributed by atoms with Crippen LogP contribution in [0.25, 0.3) is 0 Å². The number of aromatic nitrogens is 4. The second-order valence-electron chi connectivity index (χ2n) is 5.44. The molecule has 2 N–H and O–H groups in total. The Bertz CT molecular complexity index is 733. The second-order valence-corrected chi connectivity index (χ2v) is 5.88. The van der Waals surface area contributed by atoms with Crippen molar-refractivity contribution in [1.82, 2.24) is 24.9 Å². The van der Waals surface area contributed by atoms with E-state index in [0.717, 1.165) is 0 Å². The van der Waals surface area contributed by atoms with Crippen molar-refractivity contribution in [3.8, 4) is 0 Å². The molecule has 0 bridgehead atoms. The zero-order valence-electron chi connectivity index (χ0n) is 13.4. The lowest BCUT2D eigenvalue weighted by Crippen LogP contribution is -2.41. The molecule has 0 saturated carbocycles. The van der Waals surface area contributed by atoms with Crippen LogP contribution < -0.4 is 10.6 Å². The van der Waals surface area contributed by atoms with E-state index >= 15 is 0 Å². The molecule has 124 valence electrons. The van der Waals surface area contributed by atoms with Gasteiger partial charge in [0.15, 0.2) is 5.69 Å². The second kappa shape index (κ2) is 6.41. The molecule has 0 unspecified atom stereocenters. The predicted molar refractivity (Wildman–Crippen MR) is 86.5 cm³/mol. The maximum Gasteiger partial charge on any atom is 0.273 e. The van der Waals surface area contributed by atoms with Gasteiger partial charge in [-0.15, -0.1) is 0 Å². The molecule has 0 aliphatic carbocycles. The van der Waals surface area contributed by atoms with Crippen LogP contribution in [0.15, 0.2) is 18.6 Å². The molecule has 0 radical (unpaired) electrons. The SMILES string of the molecule is CCn1cc(NC(=O)C(C)(C)n2cc(Cl)cn2)c(C(=O)NC)n1. The first-order valence-electron chi connectivity index (χ1n) is 7.11. The van der Waals surface area contributed by atoms with Gasteiger partial charge in [0.2, 0.25) is 0 Å². The molecule has 0 atom stereocenters. The van der Waals surface area contributed by atoms with E-state index in [0.29, 0.717) is 17.3 Å². The van der Waals surface area contributed by atoms with Gasteiger partial charge in [-0.05, 0) is 20.8 Å². The van der Waals surface area contributed by atoms with Crippen LogP contribution in [0.1, 0.15) is 31.3 Å². The number of carbonyl (C=O) groups is 2. The normalized spacial score (nSPS) is 11.3. The molecule has 0 aromatic carbocycles. The number of nitrogens with zero attached hydrogens (tertiary/aromatic N) is 4. The first-order chi connectivity index (χ1) is 10.8. The first-order valence-corrected chi connectivity index (χ1v) is 7.49. The van der Waals surface area contributed by atoms with Crippen LogP contribution in [0, 0.1) is 0 Å². The molecule has 0 fully saturated rings. The zero-order chi connectivity index (χ0) is 17.2. The molecule has 0 aliphatic heterocycles. The highest BCUT2D eigenvalue weighted by atomic mass is 35.5. The van der Waals surface area contributed by atoms with Crippen LogP contribution in [0.2, 0.25) is 5.02 Å². The number of aryl methyl sites for hydroxylation is 1. The summed E-state index contributed by atoms with van der Waals surface area (Å²) < 4.78 is 3.05. The van der Waals surface area contributed by atoms with E-state index < -0.39 is 5.54 Å². The fraction of sp³-hybridized carbons (Fsp3) is 0.429. The summed E-state index contributed by atoms with van der Waals surface area (Å²) in [6, 6.07) is 0. The largest absolute Gasteiger partial charge is 0.354 e. The van der Waals surface area contributed by atoms with E-state index in [1.54, 1.807) is 30.9 Å². The molecule has 8 nitrogen and oxygen atoms in total. The average molecular weight is 339 g/mol. The third-order valence-corrected chi connectivity index (χ3v) is 3.65. The van der Waals surface area contributed by atoms with Crippen LogP contribution in [0.4, 0.5) is 5.69 Å². The molecular formula is C14H19ClN6O2. The van der Waals surface area contributed by atoms with Gasteiger partial charge in [0.25, 0.3) is 11.8 Å². The van der Waals surface area contributed by atoms with Gasteiger partial charge in [0.1, 0.15) is 5.54 Å². The lowest BCUT2D eigenvalue weighted by molar-refractivity contribution is -0.123. The van der Waals surface area contributed by atoms with Crippen molar-refractivity contribution in [3.63, 3.8) is 0 Å². The summed E-state index contributed by atoms with van der Waals surface area (Å²) in [7, 11) is 1.51. The lowest BCUT2D eigenvalue weighted by atomic mass is 10.0. The Morgan fingerprint density at radius 1 is 1.35 bits per heavy atom. The number of halogens is 1. The number of hydrogen-bond donors (Lipinski definition) is 2. The quantitative estimate of drug-likeness (QED) is 0.863. The number of amides is 2. The van der Waals surface area contributed by atoms with Gasteiger partial charge >= 0.3 is 0 Å². The van der Waals surface area contributed by atoms with Gasteiger partial charge in [-0.1, -0.05) is 11.6 Å². The molecule has 2 amide bonds. The lowest BCUT2D eigenvalue weighted by Gasteiger charge is -2.24. The van der Waals surface area contributed by atoms with Gasteiger partial charge < -0.3 is 10.6 Å². The Morgan fingerprint density at radius 2 is 2.04 bits per heavy atom. The van der Waals surface area contributed by atoms with Crippen LogP contribution in [0.3, 0.4) is 0 Å². The zero-order valence-corrected chi connectivity index (χ0v) is 14.2. The molecule has 0 saturated heterocycles. The van der Waals surface area contributed by atoms with E-state index in [4.69, 9.17) is 11.6 Å². The molecule has 9 heteroatoms. The molecule has 2 aromatic heterocycles. The van der Waals surface area contributed by atoms with Gasteiger partial charge in [-0.25, -0.2) is 0 Å². The van der Waals surface area contributed by atoms with Gasteiger partial charge in [-0.3, -0.25) is 19.0 Å². The summed E-state index contributed by atoms with van der Waals surface area (Å²) in [5.41, 5.74) is -0.471. The van der Waals surface area contributed by atoms with Crippen LogP contribution in [-0.4, -0.2) is 38.4 Å². The van der Waals surface area contributed by atoms with Crippen LogP contribution in [0.5, 0.6) is 0 Å². The van der Waals surface area contributed by atoms with Crippen molar-refractivity contribution in [3.05, 3.63) is 29.3 Å². The maximum absolute atomic E-state index is 12.6. The Hall–Kier alpha value is -2.35. The Balaban J connectivity index is 2.29. The van der Waals surface area contributed by atoms with E-state index in [-0.39, 0.29) is 17.5 Å². The molecule has 23 heavy (non-hydrogen) atoms. The summed E-state index contributed by atoms with van der Waals surface area (Å²) in [6.45, 7) is 5.88. The molecule has 0 spiro atoms.